The number of carbonyl (C=O) groups is 3. The van der Waals surface area contributed by atoms with E-state index < -0.39 is 35.9 Å². The number of aromatic hydroxyl groups is 1. The van der Waals surface area contributed by atoms with Crippen LogP contribution in [0.4, 0.5) is 0 Å². The third-order valence-electron chi connectivity index (χ3n) is 4.54. The lowest BCUT2D eigenvalue weighted by atomic mass is 9.99. The van der Waals surface area contributed by atoms with Gasteiger partial charge < -0.3 is 26.2 Å². The van der Waals surface area contributed by atoms with Crippen molar-refractivity contribution in [1.82, 2.24) is 10.6 Å². The first-order chi connectivity index (χ1) is 13.5. The number of hydrogen-bond acceptors (Lipinski definition) is 6. The number of benzene rings is 1. The number of hydrogen-bond donors (Lipinski definition) is 4. The van der Waals surface area contributed by atoms with Crippen molar-refractivity contribution in [2.75, 3.05) is 7.11 Å². The molecule has 1 aromatic rings. The van der Waals surface area contributed by atoms with E-state index in [0.29, 0.717) is 6.42 Å². The predicted octanol–water partition coefficient (Wildman–Crippen LogP) is 1.11. The molecule has 0 aliphatic heterocycles. The zero-order chi connectivity index (χ0) is 22.1. The van der Waals surface area contributed by atoms with E-state index in [1.807, 2.05) is 27.7 Å². The molecule has 0 aliphatic carbocycles. The number of phenolic OH excluding ortho intramolecular Hbond substituents is 1. The van der Waals surface area contributed by atoms with Crippen LogP contribution in [0.3, 0.4) is 0 Å². The lowest BCUT2D eigenvalue weighted by molar-refractivity contribution is -0.145. The molecule has 1 rings (SSSR count). The molecule has 0 fully saturated rings. The summed E-state index contributed by atoms with van der Waals surface area (Å²) in [4.78, 5) is 37.4. The smallest absolute Gasteiger partial charge is 0.328 e. The molecule has 0 saturated carbocycles. The van der Waals surface area contributed by atoms with Gasteiger partial charge in [-0.1, -0.05) is 39.8 Å². The Labute approximate surface area is 172 Å². The van der Waals surface area contributed by atoms with Crippen LogP contribution >= 0.6 is 0 Å². The Kier molecular flexibility index (Phi) is 9.61. The Morgan fingerprint density at radius 3 is 2.03 bits per heavy atom. The SMILES string of the molecule is COC(=O)[C@@H](Cc1ccc(O)cc1)NC(=O)[C@H](CC(C)C)NC(=O)[C@@H](N)C(C)C. The van der Waals surface area contributed by atoms with Gasteiger partial charge in [0.05, 0.1) is 13.2 Å². The van der Waals surface area contributed by atoms with Crippen LogP contribution in [-0.4, -0.2) is 48.1 Å². The minimum absolute atomic E-state index is 0.0740. The number of methoxy groups -OCH3 is 1. The van der Waals surface area contributed by atoms with Gasteiger partial charge in [-0.15, -0.1) is 0 Å². The Morgan fingerprint density at radius 2 is 1.55 bits per heavy atom. The third kappa shape index (κ3) is 8.11. The fourth-order valence-corrected chi connectivity index (χ4v) is 2.75. The van der Waals surface area contributed by atoms with Gasteiger partial charge in [-0.3, -0.25) is 9.59 Å². The quantitative estimate of drug-likeness (QED) is 0.430. The second kappa shape index (κ2) is 11.4. The Morgan fingerprint density at radius 1 is 1.00 bits per heavy atom. The maximum atomic E-state index is 12.9. The summed E-state index contributed by atoms with van der Waals surface area (Å²) in [6.45, 7) is 7.52. The van der Waals surface area contributed by atoms with Crippen molar-refractivity contribution in [2.24, 2.45) is 17.6 Å². The first-order valence-electron chi connectivity index (χ1n) is 9.77. The molecule has 0 saturated heterocycles. The number of rotatable bonds is 10. The zero-order valence-corrected chi connectivity index (χ0v) is 17.8. The van der Waals surface area contributed by atoms with Crippen molar-refractivity contribution >= 4 is 17.8 Å². The average Bonchev–Trinajstić information content (AvgIpc) is 2.66. The van der Waals surface area contributed by atoms with Crippen molar-refractivity contribution < 1.29 is 24.2 Å². The Bertz CT molecular complexity index is 688. The van der Waals surface area contributed by atoms with Crippen LogP contribution in [0.5, 0.6) is 5.75 Å². The van der Waals surface area contributed by atoms with Gasteiger partial charge in [-0.2, -0.15) is 0 Å². The number of esters is 1. The van der Waals surface area contributed by atoms with Gasteiger partial charge in [0.15, 0.2) is 0 Å². The summed E-state index contributed by atoms with van der Waals surface area (Å²) in [5, 5.41) is 14.8. The molecule has 0 unspecified atom stereocenters. The van der Waals surface area contributed by atoms with Crippen LogP contribution in [0.2, 0.25) is 0 Å². The van der Waals surface area contributed by atoms with Crippen molar-refractivity contribution in [1.29, 1.82) is 0 Å². The maximum absolute atomic E-state index is 12.9. The highest BCUT2D eigenvalue weighted by atomic mass is 16.5. The lowest BCUT2D eigenvalue weighted by Crippen LogP contribution is -2.56. The zero-order valence-electron chi connectivity index (χ0n) is 17.8. The maximum Gasteiger partial charge on any atom is 0.328 e. The second-order valence-corrected chi connectivity index (χ2v) is 7.92. The van der Waals surface area contributed by atoms with E-state index in [1.54, 1.807) is 12.1 Å². The molecule has 0 spiro atoms. The highest BCUT2D eigenvalue weighted by Crippen LogP contribution is 2.13. The summed E-state index contributed by atoms with van der Waals surface area (Å²) in [5.41, 5.74) is 6.63. The number of phenols is 1. The van der Waals surface area contributed by atoms with Crippen molar-refractivity contribution in [3.63, 3.8) is 0 Å². The number of nitrogens with one attached hydrogen (secondary N) is 2. The van der Waals surface area contributed by atoms with E-state index in [9.17, 15) is 19.5 Å². The van der Waals surface area contributed by atoms with Gasteiger partial charge >= 0.3 is 5.97 Å². The number of nitrogens with two attached hydrogens (primary N) is 1. The standard InChI is InChI=1S/C21H33N3O5/c1-12(2)10-16(23-20(27)18(22)13(3)4)19(26)24-17(21(28)29-5)11-14-6-8-15(25)9-7-14/h6-9,12-13,16-18,25H,10-11,22H2,1-5H3,(H,23,27)(H,24,26)/t16-,17+,18-/m0/s1. The summed E-state index contributed by atoms with van der Waals surface area (Å²) in [6, 6.07) is 3.84. The molecule has 0 heterocycles. The van der Waals surface area contributed by atoms with Crippen molar-refractivity contribution in [3.8, 4) is 5.75 Å². The fraction of sp³-hybridized carbons (Fsp3) is 0.571. The van der Waals surface area contributed by atoms with Crippen molar-refractivity contribution in [3.05, 3.63) is 29.8 Å². The fourth-order valence-electron chi connectivity index (χ4n) is 2.75. The van der Waals surface area contributed by atoms with Crippen LogP contribution < -0.4 is 16.4 Å². The molecule has 0 aliphatic rings. The van der Waals surface area contributed by atoms with Crippen LogP contribution in [0.15, 0.2) is 24.3 Å². The predicted molar refractivity (Wildman–Crippen MR) is 110 cm³/mol. The molecule has 2 amide bonds. The van der Waals surface area contributed by atoms with Crippen LogP contribution in [0.25, 0.3) is 0 Å². The third-order valence-corrected chi connectivity index (χ3v) is 4.54. The largest absolute Gasteiger partial charge is 0.508 e. The molecule has 29 heavy (non-hydrogen) atoms. The molecule has 3 atom stereocenters. The van der Waals surface area contributed by atoms with Gasteiger partial charge in [0.1, 0.15) is 17.8 Å². The molecule has 0 radical (unpaired) electrons. The van der Waals surface area contributed by atoms with Gasteiger partial charge in [0, 0.05) is 6.42 Å². The van der Waals surface area contributed by atoms with Crippen LogP contribution in [-0.2, 0) is 25.5 Å². The molecular formula is C21H33N3O5. The first-order valence-corrected chi connectivity index (χ1v) is 9.77. The molecule has 1 aromatic carbocycles. The minimum atomic E-state index is -0.928. The number of carbonyl (C=O) groups excluding carboxylic acids is 3. The van der Waals surface area contributed by atoms with E-state index in [0.717, 1.165) is 5.56 Å². The highest BCUT2D eigenvalue weighted by molar-refractivity contribution is 5.92. The summed E-state index contributed by atoms with van der Waals surface area (Å²) in [6.07, 6.45) is 0.585. The summed E-state index contributed by atoms with van der Waals surface area (Å²) >= 11 is 0. The second-order valence-electron chi connectivity index (χ2n) is 7.92. The molecule has 0 aromatic heterocycles. The molecule has 5 N–H and O–H groups in total. The van der Waals surface area contributed by atoms with Gasteiger partial charge in [0.25, 0.3) is 0 Å². The molecule has 8 nitrogen and oxygen atoms in total. The van der Waals surface area contributed by atoms with Gasteiger partial charge in [-0.25, -0.2) is 4.79 Å². The van der Waals surface area contributed by atoms with Gasteiger partial charge in [-0.05, 0) is 36.0 Å². The highest BCUT2D eigenvalue weighted by Gasteiger charge is 2.29. The van der Waals surface area contributed by atoms with E-state index >= 15 is 0 Å². The van der Waals surface area contributed by atoms with Gasteiger partial charge in [0.2, 0.25) is 11.8 Å². The van der Waals surface area contributed by atoms with Crippen molar-refractivity contribution in [2.45, 2.75) is 58.7 Å². The lowest BCUT2D eigenvalue weighted by Gasteiger charge is -2.25. The molecule has 8 heteroatoms. The minimum Gasteiger partial charge on any atom is -0.508 e. The summed E-state index contributed by atoms with van der Waals surface area (Å²) < 4.78 is 4.81. The van der Waals surface area contributed by atoms with E-state index in [2.05, 4.69) is 10.6 Å². The molecule has 162 valence electrons. The monoisotopic (exact) mass is 407 g/mol. The van der Waals surface area contributed by atoms with E-state index in [4.69, 9.17) is 10.5 Å². The normalized spacial score (nSPS) is 14.2. The van der Waals surface area contributed by atoms with Crippen LogP contribution in [0, 0.1) is 11.8 Å². The van der Waals surface area contributed by atoms with E-state index in [-0.39, 0.29) is 24.0 Å². The molecule has 0 bridgehead atoms. The number of ether oxygens (including phenoxy) is 1. The number of amides is 2. The molecular weight excluding hydrogens is 374 g/mol. The summed E-state index contributed by atoms with van der Waals surface area (Å²) in [5.74, 6) is -1.32. The Hall–Kier alpha value is -2.61. The van der Waals surface area contributed by atoms with E-state index in [1.165, 1.54) is 19.2 Å². The Balaban J connectivity index is 2.94. The summed E-state index contributed by atoms with van der Waals surface area (Å²) in [7, 11) is 1.24. The van der Waals surface area contributed by atoms with Crippen LogP contribution in [0.1, 0.15) is 39.7 Å². The topological polar surface area (TPSA) is 131 Å². The average molecular weight is 408 g/mol. The first kappa shape index (κ1) is 24.4.